The standard InChI is InChI=1S/C20H27N5O3/c1-21-11-14-5-4-8-25(14)20(27)17-12-24(9-10-28-17)13-18-22-16-7-3-2-6-15(16)19(26)23-18/h2-3,6-7,14,17,21H,4-5,8-13H2,1H3,(H,22,23,26)/t14-,17-/m0/s1. The predicted molar refractivity (Wildman–Crippen MR) is 106 cm³/mol. The Morgan fingerprint density at radius 2 is 2.21 bits per heavy atom. The molecule has 1 aromatic heterocycles. The Kier molecular flexibility index (Phi) is 5.70. The summed E-state index contributed by atoms with van der Waals surface area (Å²) >= 11 is 0. The highest BCUT2D eigenvalue weighted by Gasteiger charge is 2.35. The van der Waals surface area contributed by atoms with E-state index in [0.29, 0.717) is 43.0 Å². The minimum Gasteiger partial charge on any atom is -0.366 e. The van der Waals surface area contributed by atoms with E-state index in [1.54, 1.807) is 6.07 Å². The third-order valence-corrected chi connectivity index (χ3v) is 5.56. The molecule has 2 atom stereocenters. The van der Waals surface area contributed by atoms with Gasteiger partial charge in [0.2, 0.25) is 0 Å². The van der Waals surface area contributed by atoms with Gasteiger partial charge >= 0.3 is 0 Å². The molecule has 0 unspecified atom stereocenters. The summed E-state index contributed by atoms with van der Waals surface area (Å²) in [6.07, 6.45) is 1.61. The Hall–Kier alpha value is -2.29. The van der Waals surface area contributed by atoms with Crippen molar-refractivity contribution in [1.29, 1.82) is 0 Å². The van der Waals surface area contributed by atoms with E-state index in [-0.39, 0.29) is 17.5 Å². The van der Waals surface area contributed by atoms with Gasteiger partial charge in [0, 0.05) is 32.2 Å². The second-order valence-electron chi connectivity index (χ2n) is 7.51. The van der Waals surface area contributed by atoms with Gasteiger partial charge in [-0.3, -0.25) is 14.5 Å². The van der Waals surface area contributed by atoms with E-state index in [9.17, 15) is 9.59 Å². The molecule has 0 saturated carbocycles. The number of ether oxygens (including phenoxy) is 1. The minimum atomic E-state index is -0.460. The van der Waals surface area contributed by atoms with Crippen LogP contribution in [0.3, 0.4) is 0 Å². The Morgan fingerprint density at radius 1 is 1.36 bits per heavy atom. The maximum Gasteiger partial charge on any atom is 0.258 e. The topological polar surface area (TPSA) is 90.6 Å². The molecule has 0 bridgehead atoms. The summed E-state index contributed by atoms with van der Waals surface area (Å²) in [7, 11) is 1.91. The molecule has 1 amide bonds. The second kappa shape index (κ2) is 8.38. The van der Waals surface area contributed by atoms with Gasteiger partial charge in [0.05, 0.1) is 24.1 Å². The number of aromatic nitrogens is 2. The number of carbonyl (C=O) groups is 1. The number of hydrogen-bond donors (Lipinski definition) is 2. The van der Waals surface area contributed by atoms with Crippen molar-refractivity contribution in [3.8, 4) is 0 Å². The Labute approximate surface area is 163 Å². The largest absolute Gasteiger partial charge is 0.366 e. The van der Waals surface area contributed by atoms with Crippen molar-refractivity contribution in [1.82, 2.24) is 25.1 Å². The molecular weight excluding hydrogens is 358 g/mol. The zero-order chi connectivity index (χ0) is 19.5. The quantitative estimate of drug-likeness (QED) is 0.771. The number of para-hydroxylation sites is 1. The van der Waals surface area contributed by atoms with Crippen LogP contribution >= 0.6 is 0 Å². The molecule has 8 heteroatoms. The van der Waals surface area contributed by atoms with Crippen LogP contribution in [0.5, 0.6) is 0 Å². The number of nitrogens with zero attached hydrogens (tertiary/aromatic N) is 3. The van der Waals surface area contributed by atoms with Gasteiger partial charge in [-0.25, -0.2) is 4.98 Å². The molecular formula is C20H27N5O3. The van der Waals surface area contributed by atoms with Gasteiger partial charge in [0.25, 0.3) is 11.5 Å². The lowest BCUT2D eigenvalue weighted by atomic mass is 10.2. The van der Waals surface area contributed by atoms with Crippen LogP contribution in [0.2, 0.25) is 0 Å². The van der Waals surface area contributed by atoms with Crippen molar-refractivity contribution in [2.24, 2.45) is 0 Å². The third-order valence-electron chi connectivity index (χ3n) is 5.56. The number of carbonyl (C=O) groups excluding carboxylic acids is 1. The molecule has 3 heterocycles. The zero-order valence-electron chi connectivity index (χ0n) is 16.2. The van der Waals surface area contributed by atoms with Crippen LogP contribution < -0.4 is 10.9 Å². The number of nitrogens with one attached hydrogen (secondary N) is 2. The van der Waals surface area contributed by atoms with Gasteiger partial charge in [-0.1, -0.05) is 12.1 Å². The van der Waals surface area contributed by atoms with Crippen LogP contribution in [0, 0.1) is 0 Å². The number of amides is 1. The predicted octanol–water partition coefficient (Wildman–Crippen LogP) is 0.334. The fourth-order valence-electron chi connectivity index (χ4n) is 4.18. The Morgan fingerprint density at radius 3 is 3.07 bits per heavy atom. The lowest BCUT2D eigenvalue weighted by molar-refractivity contribution is -0.150. The van der Waals surface area contributed by atoms with E-state index in [1.807, 2.05) is 30.1 Å². The molecule has 2 fully saturated rings. The maximum atomic E-state index is 13.0. The highest BCUT2D eigenvalue weighted by Crippen LogP contribution is 2.20. The average molecular weight is 385 g/mol. The van der Waals surface area contributed by atoms with Crippen molar-refractivity contribution in [3.05, 3.63) is 40.4 Å². The normalized spacial score (nSPS) is 23.4. The average Bonchev–Trinajstić information content (AvgIpc) is 3.16. The number of benzene rings is 1. The number of likely N-dealkylation sites (N-methyl/N-ethyl adjacent to an activating group) is 1. The van der Waals surface area contributed by atoms with Crippen LogP contribution in [0.4, 0.5) is 0 Å². The number of morpholine rings is 1. The molecule has 2 saturated heterocycles. The molecule has 28 heavy (non-hydrogen) atoms. The summed E-state index contributed by atoms with van der Waals surface area (Å²) < 4.78 is 5.79. The molecule has 4 rings (SSSR count). The van der Waals surface area contributed by atoms with E-state index < -0.39 is 6.10 Å². The molecule has 0 aliphatic carbocycles. The highest BCUT2D eigenvalue weighted by molar-refractivity contribution is 5.82. The number of rotatable bonds is 5. The fraction of sp³-hybridized carbons (Fsp3) is 0.550. The lowest BCUT2D eigenvalue weighted by Gasteiger charge is -2.35. The van der Waals surface area contributed by atoms with Crippen LogP contribution in [-0.2, 0) is 16.1 Å². The monoisotopic (exact) mass is 385 g/mol. The summed E-state index contributed by atoms with van der Waals surface area (Å²) in [5.41, 5.74) is 0.558. The molecule has 0 spiro atoms. The summed E-state index contributed by atoms with van der Waals surface area (Å²) in [4.78, 5) is 36.8. The first-order chi connectivity index (χ1) is 13.7. The SMILES string of the molecule is CNC[C@@H]1CCCN1C(=O)[C@@H]1CN(Cc2nc3ccccc3c(=O)[nH]2)CCO1. The first kappa shape index (κ1) is 19.0. The van der Waals surface area contributed by atoms with Gasteiger partial charge < -0.3 is 19.9 Å². The molecule has 150 valence electrons. The molecule has 2 aromatic rings. The van der Waals surface area contributed by atoms with Gasteiger partial charge in [0.15, 0.2) is 0 Å². The summed E-state index contributed by atoms with van der Waals surface area (Å²) in [5, 5.41) is 3.76. The van der Waals surface area contributed by atoms with Crippen molar-refractivity contribution in [3.63, 3.8) is 0 Å². The Balaban J connectivity index is 1.44. The lowest BCUT2D eigenvalue weighted by Crippen LogP contribution is -2.53. The van der Waals surface area contributed by atoms with E-state index in [2.05, 4.69) is 20.2 Å². The van der Waals surface area contributed by atoms with Gasteiger partial charge in [-0.15, -0.1) is 0 Å². The second-order valence-corrected chi connectivity index (χ2v) is 7.51. The number of hydrogen-bond acceptors (Lipinski definition) is 6. The summed E-state index contributed by atoms with van der Waals surface area (Å²) in [6, 6.07) is 7.56. The van der Waals surface area contributed by atoms with Crippen LogP contribution in [0.15, 0.2) is 29.1 Å². The molecule has 2 aliphatic heterocycles. The molecule has 0 radical (unpaired) electrons. The summed E-state index contributed by atoms with van der Waals surface area (Å²) in [6.45, 7) is 3.82. The van der Waals surface area contributed by atoms with Crippen LogP contribution in [-0.4, -0.2) is 77.7 Å². The van der Waals surface area contributed by atoms with E-state index in [0.717, 1.165) is 25.9 Å². The van der Waals surface area contributed by atoms with Crippen molar-refractivity contribution in [2.75, 3.05) is 39.8 Å². The van der Waals surface area contributed by atoms with Gasteiger partial charge in [-0.05, 0) is 32.0 Å². The van der Waals surface area contributed by atoms with E-state index in [4.69, 9.17) is 4.74 Å². The smallest absolute Gasteiger partial charge is 0.258 e. The molecule has 8 nitrogen and oxygen atoms in total. The first-order valence-corrected chi connectivity index (χ1v) is 9.92. The van der Waals surface area contributed by atoms with Crippen molar-refractivity contribution >= 4 is 16.8 Å². The Bertz CT molecular complexity index is 899. The number of likely N-dealkylation sites (tertiary alicyclic amines) is 1. The van der Waals surface area contributed by atoms with E-state index >= 15 is 0 Å². The minimum absolute atomic E-state index is 0.0717. The zero-order valence-corrected chi connectivity index (χ0v) is 16.2. The number of aromatic amines is 1. The third kappa shape index (κ3) is 3.94. The maximum absolute atomic E-state index is 13.0. The fourth-order valence-corrected chi connectivity index (χ4v) is 4.18. The van der Waals surface area contributed by atoms with Crippen LogP contribution in [0.1, 0.15) is 18.7 Å². The first-order valence-electron chi connectivity index (χ1n) is 9.92. The van der Waals surface area contributed by atoms with Crippen LogP contribution in [0.25, 0.3) is 10.9 Å². The van der Waals surface area contributed by atoms with E-state index in [1.165, 1.54) is 0 Å². The summed E-state index contributed by atoms with van der Waals surface area (Å²) in [5.74, 6) is 0.688. The van der Waals surface area contributed by atoms with Crippen molar-refractivity contribution < 1.29 is 9.53 Å². The highest BCUT2D eigenvalue weighted by atomic mass is 16.5. The van der Waals surface area contributed by atoms with Crippen molar-refractivity contribution in [2.45, 2.75) is 31.5 Å². The molecule has 1 aromatic carbocycles. The van der Waals surface area contributed by atoms with Gasteiger partial charge in [0.1, 0.15) is 11.9 Å². The molecule has 2 N–H and O–H groups in total. The number of fused-ring (bicyclic) bond motifs is 1. The number of H-pyrrole nitrogens is 1. The molecule has 2 aliphatic rings. The van der Waals surface area contributed by atoms with Gasteiger partial charge in [-0.2, -0.15) is 0 Å².